The van der Waals surface area contributed by atoms with Crippen LogP contribution in [0, 0.1) is 11.8 Å². The van der Waals surface area contributed by atoms with Gasteiger partial charge < -0.3 is 66.0 Å². The summed E-state index contributed by atoms with van der Waals surface area (Å²) in [5.41, 5.74) is 0. The number of ketones is 2. The average molecular weight is 1120 g/mol. The van der Waals surface area contributed by atoms with Gasteiger partial charge in [0.15, 0.2) is 0 Å². The molecule has 0 rings (SSSR count). The third-order valence-electron chi connectivity index (χ3n) is 12.7. The van der Waals surface area contributed by atoms with Crippen molar-refractivity contribution >= 4 is 65.0 Å². The standard InChI is InChI=1S/C54H93N5O19/c1-40(41(2)60)19-17-18-28-55-46(62)26-22-42(52(69)70)37-43(61)23-24-44(53(71)72)59-50(66)39-78-36-34-76-32-30-57-49(65)38-77-35-33-75-31-29-56-47(63)27-25-45(54(73)74)58-48(64)20-15-13-11-9-7-5-3-4-6-8-10-12-14-16-21-51(67)68/h40,42,44-45H,3-39H2,1-2H3,(H,55,62)(H,56,63)(H,57,65)(H,58,64)(H,59,66)(H,67,68)(H,69,70)(H,71,72)(H,73,74)/t40-,42+,44-,45-/m0/s1. The molecule has 448 valence electrons. The zero-order valence-electron chi connectivity index (χ0n) is 46.4. The van der Waals surface area contributed by atoms with E-state index in [1.54, 1.807) is 0 Å². The molecule has 0 aromatic rings. The summed E-state index contributed by atoms with van der Waals surface area (Å²) in [5, 5.41) is 50.0. The Morgan fingerprint density at radius 3 is 1.29 bits per heavy atom. The minimum Gasteiger partial charge on any atom is -0.481 e. The van der Waals surface area contributed by atoms with Gasteiger partial charge in [-0.1, -0.05) is 90.4 Å². The molecular weight excluding hydrogens is 1020 g/mol. The lowest BCUT2D eigenvalue weighted by Crippen LogP contribution is -2.43. The van der Waals surface area contributed by atoms with Crippen LogP contribution in [0.25, 0.3) is 0 Å². The number of rotatable bonds is 55. The lowest BCUT2D eigenvalue weighted by atomic mass is 9.94. The van der Waals surface area contributed by atoms with Crippen molar-refractivity contribution in [3.05, 3.63) is 0 Å². The van der Waals surface area contributed by atoms with Crippen LogP contribution in [0.5, 0.6) is 0 Å². The van der Waals surface area contributed by atoms with Crippen molar-refractivity contribution < 1.29 is 92.1 Å². The fourth-order valence-electron chi connectivity index (χ4n) is 7.81. The van der Waals surface area contributed by atoms with Gasteiger partial charge in [-0.3, -0.25) is 43.2 Å². The van der Waals surface area contributed by atoms with E-state index in [1.165, 1.54) is 39.0 Å². The molecule has 0 aromatic carbocycles. The van der Waals surface area contributed by atoms with E-state index in [9.17, 15) is 68.1 Å². The molecule has 0 spiro atoms. The first-order valence-electron chi connectivity index (χ1n) is 27.9. The number of unbranched alkanes of at least 4 members (excludes halogenated alkanes) is 14. The van der Waals surface area contributed by atoms with Crippen LogP contribution in [0.1, 0.15) is 181 Å². The number of carboxylic acids is 4. The second kappa shape index (κ2) is 48.5. The molecule has 0 fully saturated rings. The van der Waals surface area contributed by atoms with Gasteiger partial charge in [0.1, 0.15) is 36.9 Å². The highest BCUT2D eigenvalue weighted by atomic mass is 16.5. The number of amides is 5. The number of aliphatic carboxylic acids is 4. The second-order valence-corrected chi connectivity index (χ2v) is 19.5. The highest BCUT2D eigenvalue weighted by Gasteiger charge is 2.26. The van der Waals surface area contributed by atoms with Crippen molar-refractivity contribution in [1.29, 1.82) is 0 Å². The van der Waals surface area contributed by atoms with Crippen molar-refractivity contribution in [2.24, 2.45) is 11.8 Å². The maximum atomic E-state index is 12.6. The van der Waals surface area contributed by atoms with Crippen LogP contribution in [0.2, 0.25) is 0 Å². The summed E-state index contributed by atoms with van der Waals surface area (Å²) in [7, 11) is 0. The second-order valence-electron chi connectivity index (χ2n) is 19.5. The van der Waals surface area contributed by atoms with Crippen molar-refractivity contribution in [3.8, 4) is 0 Å². The number of carbonyl (C=O) groups excluding carboxylic acids is 7. The van der Waals surface area contributed by atoms with Crippen LogP contribution in [-0.4, -0.2) is 170 Å². The smallest absolute Gasteiger partial charge is 0.326 e. The molecule has 24 nitrogen and oxygen atoms in total. The van der Waals surface area contributed by atoms with E-state index in [1.807, 2.05) is 6.92 Å². The summed E-state index contributed by atoms with van der Waals surface area (Å²) in [4.78, 5) is 131. The molecule has 0 aromatic heterocycles. The van der Waals surface area contributed by atoms with E-state index in [-0.39, 0.29) is 134 Å². The summed E-state index contributed by atoms with van der Waals surface area (Å²) in [5.74, 6) is -8.51. The fourth-order valence-corrected chi connectivity index (χ4v) is 7.81. The molecule has 78 heavy (non-hydrogen) atoms. The van der Waals surface area contributed by atoms with Gasteiger partial charge in [0.05, 0.1) is 45.6 Å². The minimum absolute atomic E-state index is 0.0303. The zero-order valence-corrected chi connectivity index (χ0v) is 46.4. The molecule has 4 atom stereocenters. The lowest BCUT2D eigenvalue weighted by Gasteiger charge is -2.15. The lowest BCUT2D eigenvalue weighted by molar-refractivity contribution is -0.145. The Balaban J connectivity index is 3.95. The van der Waals surface area contributed by atoms with E-state index in [0.717, 1.165) is 57.8 Å². The highest BCUT2D eigenvalue weighted by Crippen LogP contribution is 2.17. The van der Waals surface area contributed by atoms with Crippen LogP contribution >= 0.6 is 0 Å². The van der Waals surface area contributed by atoms with Crippen molar-refractivity contribution in [3.63, 3.8) is 0 Å². The first-order valence-corrected chi connectivity index (χ1v) is 27.9. The van der Waals surface area contributed by atoms with E-state index < -0.39 is 78.4 Å². The molecule has 0 radical (unpaired) electrons. The number of ether oxygens (including phenoxy) is 4. The van der Waals surface area contributed by atoms with E-state index in [4.69, 9.17) is 24.1 Å². The predicted molar refractivity (Wildman–Crippen MR) is 285 cm³/mol. The number of hydrogen-bond donors (Lipinski definition) is 9. The molecule has 0 heterocycles. The zero-order chi connectivity index (χ0) is 58.2. The summed E-state index contributed by atoms with van der Waals surface area (Å²) >= 11 is 0. The quantitative estimate of drug-likeness (QED) is 0.0384. The SMILES string of the molecule is CC(=O)[C@@H](C)CCCCNC(=O)CC[C@H](CC(=O)CC[C@H](NC(=O)COCCOCCNC(=O)COCCOCCNC(=O)CC[C@H](NC(=O)CCCCCCCCCCCCCCCCC(=O)O)C(=O)O)C(=O)O)C(=O)O. The maximum absolute atomic E-state index is 12.6. The predicted octanol–water partition coefficient (Wildman–Crippen LogP) is 4.26. The molecule has 0 aliphatic carbocycles. The van der Waals surface area contributed by atoms with Gasteiger partial charge in [0, 0.05) is 64.1 Å². The van der Waals surface area contributed by atoms with Gasteiger partial charge in [-0.25, -0.2) is 9.59 Å². The number of nitrogens with one attached hydrogen (secondary N) is 5. The largest absolute Gasteiger partial charge is 0.481 e. The molecule has 0 aliphatic heterocycles. The Morgan fingerprint density at radius 1 is 0.385 bits per heavy atom. The Morgan fingerprint density at radius 2 is 0.808 bits per heavy atom. The Bertz CT molecular complexity index is 1770. The molecule has 5 amide bonds. The van der Waals surface area contributed by atoms with Crippen LogP contribution in [0.4, 0.5) is 0 Å². The van der Waals surface area contributed by atoms with E-state index >= 15 is 0 Å². The molecule has 0 bridgehead atoms. The Labute approximate surface area is 459 Å². The number of hydrogen-bond acceptors (Lipinski definition) is 15. The van der Waals surface area contributed by atoms with Gasteiger partial charge >= 0.3 is 23.9 Å². The topological polar surface area (TPSA) is 366 Å². The van der Waals surface area contributed by atoms with Crippen molar-refractivity contribution in [1.82, 2.24) is 26.6 Å². The molecule has 0 aliphatic rings. The van der Waals surface area contributed by atoms with Crippen LogP contribution in [-0.2, 0) is 71.7 Å². The van der Waals surface area contributed by atoms with Crippen LogP contribution < -0.4 is 26.6 Å². The Kier molecular flexibility index (Phi) is 45.1. The van der Waals surface area contributed by atoms with Gasteiger partial charge in [-0.2, -0.15) is 0 Å². The number of carboxylic acid groups (broad SMARTS) is 4. The average Bonchev–Trinajstić information content (AvgIpc) is 3.38. The maximum Gasteiger partial charge on any atom is 0.326 e. The van der Waals surface area contributed by atoms with Gasteiger partial charge in [-0.05, 0) is 51.9 Å². The Hall–Kier alpha value is -5.59. The molecular formula is C54H93N5O19. The van der Waals surface area contributed by atoms with Gasteiger partial charge in [-0.15, -0.1) is 0 Å². The van der Waals surface area contributed by atoms with Crippen LogP contribution in [0.3, 0.4) is 0 Å². The summed E-state index contributed by atoms with van der Waals surface area (Å²) < 4.78 is 21.2. The normalized spacial score (nSPS) is 12.6. The molecule has 0 saturated carbocycles. The van der Waals surface area contributed by atoms with E-state index in [0.29, 0.717) is 25.8 Å². The van der Waals surface area contributed by atoms with Crippen molar-refractivity contribution in [2.75, 3.05) is 72.5 Å². The number of Topliss-reactive ketones (excluding diaryl/α,β-unsaturated/α-hetero) is 2. The third kappa shape index (κ3) is 45.4. The first-order chi connectivity index (χ1) is 37.3. The monoisotopic (exact) mass is 1120 g/mol. The number of carbonyl (C=O) groups is 11. The summed E-state index contributed by atoms with van der Waals surface area (Å²) in [6.45, 7) is 3.82. The highest BCUT2D eigenvalue weighted by molar-refractivity contribution is 5.87. The first kappa shape index (κ1) is 72.4. The summed E-state index contributed by atoms with van der Waals surface area (Å²) in [6, 6.07) is -2.61. The van der Waals surface area contributed by atoms with E-state index in [2.05, 4.69) is 26.6 Å². The van der Waals surface area contributed by atoms with Gasteiger partial charge in [0.2, 0.25) is 29.5 Å². The third-order valence-corrected chi connectivity index (χ3v) is 12.7. The molecule has 0 saturated heterocycles. The van der Waals surface area contributed by atoms with Crippen molar-refractivity contribution in [2.45, 2.75) is 193 Å². The van der Waals surface area contributed by atoms with Gasteiger partial charge in [0.25, 0.3) is 0 Å². The fraction of sp³-hybridized carbons (Fsp3) is 0.796. The summed E-state index contributed by atoms with van der Waals surface area (Å²) in [6.07, 6.45) is 16.0. The molecule has 9 N–H and O–H groups in total. The minimum atomic E-state index is -1.43. The van der Waals surface area contributed by atoms with Crippen LogP contribution in [0.15, 0.2) is 0 Å². The molecule has 24 heteroatoms. The molecule has 0 unspecified atom stereocenters.